The van der Waals surface area contributed by atoms with Gasteiger partial charge in [0.2, 0.25) is 0 Å². The Hall–Kier alpha value is -3.32. The standard InChI is InChI=1S/C25H28N2O4S/c1-19(2)17-27(3)25(28)21-10-7-11-24(16-21)32(29,30)26-22-12-14-23(15-13-22)31-18-20-8-5-4-6-9-20/h4-16,19,26H,17-18H2,1-3H3. The van der Waals surface area contributed by atoms with Gasteiger partial charge in [0.1, 0.15) is 12.4 Å². The summed E-state index contributed by atoms with van der Waals surface area (Å²) in [5.74, 6) is 0.741. The summed E-state index contributed by atoms with van der Waals surface area (Å²) in [5.41, 5.74) is 1.79. The van der Waals surface area contributed by atoms with E-state index >= 15 is 0 Å². The van der Waals surface area contributed by atoms with Crippen LogP contribution in [0, 0.1) is 5.92 Å². The Morgan fingerprint density at radius 3 is 2.31 bits per heavy atom. The number of carbonyl (C=O) groups is 1. The van der Waals surface area contributed by atoms with E-state index in [2.05, 4.69) is 4.72 Å². The molecule has 0 aliphatic rings. The minimum atomic E-state index is -3.85. The molecule has 0 radical (unpaired) electrons. The van der Waals surface area contributed by atoms with E-state index in [1.165, 1.54) is 12.1 Å². The molecule has 1 amide bonds. The lowest BCUT2D eigenvalue weighted by Gasteiger charge is -2.19. The van der Waals surface area contributed by atoms with E-state index in [-0.39, 0.29) is 10.8 Å². The largest absolute Gasteiger partial charge is 0.489 e. The van der Waals surface area contributed by atoms with Crippen molar-refractivity contribution in [2.75, 3.05) is 18.3 Å². The number of nitrogens with zero attached hydrogens (tertiary/aromatic N) is 1. The predicted octanol–water partition coefficient (Wildman–Crippen LogP) is 4.79. The van der Waals surface area contributed by atoms with Crippen molar-refractivity contribution >= 4 is 21.6 Å². The SMILES string of the molecule is CC(C)CN(C)C(=O)c1cccc(S(=O)(=O)Nc2ccc(OCc3ccccc3)cc2)c1. The molecule has 0 spiro atoms. The van der Waals surface area contributed by atoms with Gasteiger partial charge >= 0.3 is 0 Å². The molecule has 0 aliphatic heterocycles. The van der Waals surface area contributed by atoms with Crippen molar-refractivity contribution in [2.45, 2.75) is 25.3 Å². The molecule has 0 bridgehead atoms. The van der Waals surface area contributed by atoms with Crippen LogP contribution in [0.3, 0.4) is 0 Å². The number of benzene rings is 3. The van der Waals surface area contributed by atoms with Crippen LogP contribution >= 0.6 is 0 Å². The zero-order valence-electron chi connectivity index (χ0n) is 18.5. The molecule has 0 saturated carbocycles. The van der Waals surface area contributed by atoms with Gasteiger partial charge in [-0.25, -0.2) is 8.42 Å². The number of hydrogen-bond acceptors (Lipinski definition) is 4. The van der Waals surface area contributed by atoms with Gasteiger partial charge < -0.3 is 9.64 Å². The van der Waals surface area contributed by atoms with Gasteiger partial charge in [0.15, 0.2) is 0 Å². The van der Waals surface area contributed by atoms with Gasteiger partial charge in [0.05, 0.1) is 4.90 Å². The molecule has 0 fully saturated rings. The number of nitrogens with one attached hydrogen (secondary N) is 1. The summed E-state index contributed by atoms with van der Waals surface area (Å²) < 4.78 is 34.0. The summed E-state index contributed by atoms with van der Waals surface area (Å²) in [6.45, 7) is 5.06. The Morgan fingerprint density at radius 1 is 0.969 bits per heavy atom. The van der Waals surface area contributed by atoms with E-state index in [0.29, 0.717) is 36.1 Å². The van der Waals surface area contributed by atoms with Crippen LogP contribution in [0.1, 0.15) is 29.8 Å². The number of ether oxygens (including phenoxy) is 1. The molecule has 3 rings (SSSR count). The van der Waals surface area contributed by atoms with Gasteiger partial charge in [-0.2, -0.15) is 0 Å². The van der Waals surface area contributed by atoms with Crippen molar-refractivity contribution in [3.63, 3.8) is 0 Å². The van der Waals surface area contributed by atoms with Crippen LogP contribution in [0.25, 0.3) is 0 Å². The minimum absolute atomic E-state index is 0.0331. The smallest absolute Gasteiger partial charge is 0.261 e. The Kier molecular flexibility index (Phi) is 7.53. The van der Waals surface area contributed by atoms with Crippen LogP contribution in [0.15, 0.2) is 83.8 Å². The molecule has 0 aromatic heterocycles. The Morgan fingerprint density at radius 2 is 1.66 bits per heavy atom. The highest BCUT2D eigenvalue weighted by Gasteiger charge is 2.18. The van der Waals surface area contributed by atoms with Crippen molar-refractivity contribution < 1.29 is 17.9 Å². The number of sulfonamides is 1. The summed E-state index contributed by atoms with van der Waals surface area (Å²) in [6.07, 6.45) is 0. The third kappa shape index (κ3) is 6.34. The fraction of sp³-hybridized carbons (Fsp3) is 0.240. The molecule has 0 unspecified atom stereocenters. The molecular formula is C25H28N2O4S. The van der Waals surface area contributed by atoms with E-state index in [0.717, 1.165) is 5.56 Å². The van der Waals surface area contributed by atoms with Crippen molar-refractivity contribution in [1.82, 2.24) is 4.90 Å². The number of carbonyl (C=O) groups excluding carboxylic acids is 1. The third-order valence-electron chi connectivity index (χ3n) is 4.73. The minimum Gasteiger partial charge on any atom is -0.489 e. The molecule has 7 heteroatoms. The van der Waals surface area contributed by atoms with Crippen LogP contribution < -0.4 is 9.46 Å². The number of amides is 1. The fourth-order valence-corrected chi connectivity index (χ4v) is 4.33. The molecule has 3 aromatic carbocycles. The fourth-order valence-electron chi connectivity index (χ4n) is 3.22. The van der Waals surface area contributed by atoms with Crippen LogP contribution in [-0.2, 0) is 16.6 Å². The molecule has 0 aliphatic carbocycles. The summed E-state index contributed by atoms with van der Waals surface area (Å²) in [6, 6.07) is 22.6. The second-order valence-corrected chi connectivity index (χ2v) is 9.69. The van der Waals surface area contributed by atoms with Gasteiger partial charge in [-0.1, -0.05) is 50.2 Å². The molecular weight excluding hydrogens is 424 g/mol. The molecule has 3 aromatic rings. The lowest BCUT2D eigenvalue weighted by atomic mass is 10.1. The van der Waals surface area contributed by atoms with Crippen LogP contribution in [0.5, 0.6) is 5.75 Å². The summed E-state index contributed by atoms with van der Waals surface area (Å²) >= 11 is 0. The highest BCUT2D eigenvalue weighted by molar-refractivity contribution is 7.92. The van der Waals surface area contributed by atoms with E-state index in [1.807, 2.05) is 44.2 Å². The molecule has 168 valence electrons. The van der Waals surface area contributed by atoms with E-state index in [4.69, 9.17) is 4.74 Å². The second kappa shape index (κ2) is 10.3. The maximum atomic E-state index is 12.9. The Balaban J connectivity index is 1.67. The highest BCUT2D eigenvalue weighted by atomic mass is 32.2. The van der Waals surface area contributed by atoms with Crippen LogP contribution in [-0.4, -0.2) is 32.8 Å². The first kappa shape index (κ1) is 23.3. The van der Waals surface area contributed by atoms with Crippen LogP contribution in [0.4, 0.5) is 5.69 Å². The molecule has 0 atom stereocenters. The van der Waals surface area contributed by atoms with Crippen LogP contribution in [0.2, 0.25) is 0 Å². The maximum absolute atomic E-state index is 12.9. The lowest BCUT2D eigenvalue weighted by molar-refractivity contribution is 0.0779. The average Bonchev–Trinajstić information content (AvgIpc) is 2.78. The molecule has 32 heavy (non-hydrogen) atoms. The first-order chi connectivity index (χ1) is 15.2. The van der Waals surface area contributed by atoms with Crippen molar-refractivity contribution in [3.8, 4) is 5.75 Å². The third-order valence-corrected chi connectivity index (χ3v) is 6.11. The second-order valence-electron chi connectivity index (χ2n) is 8.01. The van der Waals surface area contributed by atoms with Gasteiger partial charge in [0, 0.05) is 24.8 Å². The number of rotatable bonds is 9. The van der Waals surface area contributed by atoms with Gasteiger partial charge in [-0.05, 0) is 53.9 Å². The number of anilines is 1. The Labute approximate surface area is 189 Å². The Bertz CT molecular complexity index is 1140. The first-order valence-corrected chi connectivity index (χ1v) is 11.9. The van der Waals surface area contributed by atoms with Gasteiger partial charge in [0.25, 0.3) is 15.9 Å². The zero-order valence-corrected chi connectivity index (χ0v) is 19.3. The first-order valence-electron chi connectivity index (χ1n) is 10.4. The summed E-state index contributed by atoms with van der Waals surface area (Å²) in [7, 11) is -2.14. The van der Waals surface area contributed by atoms with E-state index in [9.17, 15) is 13.2 Å². The number of hydrogen-bond donors (Lipinski definition) is 1. The topological polar surface area (TPSA) is 75.7 Å². The van der Waals surface area contributed by atoms with E-state index in [1.54, 1.807) is 48.3 Å². The molecule has 6 nitrogen and oxygen atoms in total. The highest BCUT2D eigenvalue weighted by Crippen LogP contribution is 2.21. The monoisotopic (exact) mass is 452 g/mol. The predicted molar refractivity (Wildman–Crippen MR) is 126 cm³/mol. The van der Waals surface area contributed by atoms with Crippen molar-refractivity contribution in [1.29, 1.82) is 0 Å². The maximum Gasteiger partial charge on any atom is 0.261 e. The van der Waals surface area contributed by atoms with Gasteiger partial charge in [-0.3, -0.25) is 9.52 Å². The molecule has 1 N–H and O–H groups in total. The average molecular weight is 453 g/mol. The summed E-state index contributed by atoms with van der Waals surface area (Å²) in [4.78, 5) is 14.2. The van der Waals surface area contributed by atoms with E-state index < -0.39 is 10.0 Å². The molecule has 0 saturated heterocycles. The summed E-state index contributed by atoms with van der Waals surface area (Å²) in [5, 5.41) is 0. The quantitative estimate of drug-likeness (QED) is 0.506. The normalized spacial score (nSPS) is 11.2. The zero-order chi connectivity index (χ0) is 23.1. The molecule has 0 heterocycles. The van der Waals surface area contributed by atoms with Crippen molar-refractivity contribution in [2.24, 2.45) is 5.92 Å². The lowest BCUT2D eigenvalue weighted by Crippen LogP contribution is -2.30. The van der Waals surface area contributed by atoms with Crippen molar-refractivity contribution in [3.05, 3.63) is 90.0 Å². The van der Waals surface area contributed by atoms with Gasteiger partial charge in [-0.15, -0.1) is 0 Å².